The van der Waals surface area contributed by atoms with Gasteiger partial charge in [0, 0.05) is 39.1 Å². The summed E-state index contributed by atoms with van der Waals surface area (Å²) in [5, 5.41) is 9.08. The maximum Gasteiger partial charge on any atom is 0.321 e. The number of imide groups is 1. The van der Waals surface area contributed by atoms with Gasteiger partial charge >= 0.3 is 6.03 Å². The lowest BCUT2D eigenvalue weighted by Crippen LogP contribution is -2.55. The summed E-state index contributed by atoms with van der Waals surface area (Å²) in [6.45, 7) is 9.16. The molecule has 2 atom stereocenters. The number of benzene rings is 1. The second-order valence-corrected chi connectivity index (χ2v) is 7.48. The molecule has 9 heteroatoms. The van der Waals surface area contributed by atoms with Crippen molar-refractivity contribution in [1.29, 1.82) is 0 Å². The average Bonchev–Trinajstić information content (AvgIpc) is 3.22. The summed E-state index contributed by atoms with van der Waals surface area (Å²) in [6, 6.07) is 9.24. The molecule has 9 nitrogen and oxygen atoms in total. The summed E-state index contributed by atoms with van der Waals surface area (Å²) in [6.07, 6.45) is 0.642. The predicted octanol–water partition coefficient (Wildman–Crippen LogP) is 1.57. The van der Waals surface area contributed by atoms with Gasteiger partial charge in [-0.3, -0.25) is 19.9 Å². The third kappa shape index (κ3) is 5.64. The largest absolute Gasteiger partial charge is 0.338 e. The number of piperazine rings is 1. The van der Waals surface area contributed by atoms with Gasteiger partial charge in [-0.15, -0.1) is 0 Å². The number of carbonyl (C=O) groups excluding carboxylic acids is 2. The number of urea groups is 1. The number of carbonyl (C=O) groups is 2. The van der Waals surface area contributed by atoms with Crippen molar-refractivity contribution in [2.45, 2.75) is 39.3 Å². The highest BCUT2D eigenvalue weighted by Gasteiger charge is 2.30. The lowest BCUT2D eigenvalue weighted by atomic mass is 10.1. The molecule has 3 rings (SSSR count). The summed E-state index contributed by atoms with van der Waals surface area (Å²) in [5.41, 5.74) is 1.14. The van der Waals surface area contributed by atoms with Gasteiger partial charge < -0.3 is 9.84 Å². The first-order valence-corrected chi connectivity index (χ1v) is 10.4. The average molecular weight is 415 g/mol. The quantitative estimate of drug-likeness (QED) is 0.709. The van der Waals surface area contributed by atoms with Gasteiger partial charge in [0.05, 0.1) is 12.1 Å². The topological polar surface area (TPSA) is 104 Å². The fourth-order valence-electron chi connectivity index (χ4n) is 3.54. The molecule has 1 aliphatic heterocycles. The van der Waals surface area contributed by atoms with Gasteiger partial charge in [0.2, 0.25) is 11.8 Å². The molecular formula is C21H30N6O3. The van der Waals surface area contributed by atoms with Crippen LogP contribution in [0.25, 0.3) is 0 Å². The summed E-state index contributed by atoms with van der Waals surface area (Å²) in [4.78, 5) is 32.7. The van der Waals surface area contributed by atoms with Crippen LogP contribution in [0, 0.1) is 0 Å². The first-order valence-electron chi connectivity index (χ1n) is 10.4. The van der Waals surface area contributed by atoms with Crippen LogP contribution >= 0.6 is 0 Å². The molecule has 1 fully saturated rings. The minimum absolute atomic E-state index is 0.00337. The van der Waals surface area contributed by atoms with Gasteiger partial charge in [0.1, 0.15) is 0 Å². The summed E-state index contributed by atoms with van der Waals surface area (Å²) < 4.78 is 5.51. The second-order valence-electron chi connectivity index (χ2n) is 7.48. The molecule has 2 heterocycles. The maximum atomic E-state index is 12.3. The molecule has 0 radical (unpaired) electrons. The van der Waals surface area contributed by atoms with E-state index in [0.29, 0.717) is 24.7 Å². The van der Waals surface area contributed by atoms with Gasteiger partial charge in [-0.05, 0) is 26.3 Å². The van der Waals surface area contributed by atoms with Crippen molar-refractivity contribution in [3.05, 3.63) is 47.6 Å². The zero-order chi connectivity index (χ0) is 21.5. The lowest BCUT2D eigenvalue weighted by molar-refractivity contribution is -0.125. The highest BCUT2D eigenvalue weighted by molar-refractivity contribution is 5.96. The van der Waals surface area contributed by atoms with Crippen LogP contribution in [0.2, 0.25) is 0 Å². The molecule has 1 aromatic carbocycles. The third-order valence-electron chi connectivity index (χ3n) is 5.44. The normalized spacial score (nSPS) is 17.3. The van der Waals surface area contributed by atoms with E-state index in [-0.39, 0.29) is 18.0 Å². The van der Waals surface area contributed by atoms with Gasteiger partial charge in [-0.1, -0.05) is 35.5 Å². The Morgan fingerprint density at radius 1 is 1.10 bits per heavy atom. The van der Waals surface area contributed by atoms with E-state index < -0.39 is 6.03 Å². The number of nitrogens with zero attached hydrogens (tertiary/aromatic N) is 4. The monoisotopic (exact) mass is 414 g/mol. The van der Waals surface area contributed by atoms with Gasteiger partial charge in [0.15, 0.2) is 5.82 Å². The Labute approximate surface area is 176 Å². The molecule has 3 amide bonds. The van der Waals surface area contributed by atoms with E-state index in [2.05, 4.69) is 37.5 Å². The van der Waals surface area contributed by atoms with Crippen LogP contribution in [-0.4, -0.2) is 70.6 Å². The van der Waals surface area contributed by atoms with Gasteiger partial charge in [0.25, 0.3) is 0 Å². The number of rotatable bonds is 7. The standard InChI is InChI=1S/C21H30N6O3/c1-4-22-21(29)24-19(28)15(2)26-10-12-27(13-11-26)16(3)20-23-18(25-30-20)14-17-8-6-5-7-9-17/h5-9,15-16H,4,10-14H2,1-3H3,(H2,22,24,28,29)/t15-,16-/m0/s1. The van der Waals surface area contributed by atoms with Crippen molar-refractivity contribution in [2.24, 2.45) is 0 Å². The number of hydrogen-bond donors (Lipinski definition) is 2. The lowest BCUT2D eigenvalue weighted by Gasteiger charge is -2.38. The summed E-state index contributed by atoms with van der Waals surface area (Å²) in [7, 11) is 0. The minimum Gasteiger partial charge on any atom is -0.338 e. The molecule has 2 N–H and O–H groups in total. The van der Waals surface area contributed by atoms with Crippen molar-refractivity contribution in [1.82, 2.24) is 30.6 Å². The molecule has 0 spiro atoms. The SMILES string of the molecule is CCNC(=O)NC(=O)[C@H](C)N1CCN([C@@H](C)c2nc(Cc3ccccc3)no2)CC1. The van der Waals surface area contributed by atoms with E-state index in [1.54, 1.807) is 0 Å². The van der Waals surface area contributed by atoms with E-state index in [9.17, 15) is 9.59 Å². The Bertz CT molecular complexity index is 832. The van der Waals surface area contributed by atoms with Crippen LogP contribution in [0.15, 0.2) is 34.9 Å². The van der Waals surface area contributed by atoms with E-state index in [4.69, 9.17) is 4.52 Å². The first kappa shape index (κ1) is 21.9. The molecule has 162 valence electrons. The molecule has 30 heavy (non-hydrogen) atoms. The predicted molar refractivity (Wildman–Crippen MR) is 112 cm³/mol. The fraction of sp³-hybridized carbons (Fsp3) is 0.524. The smallest absolute Gasteiger partial charge is 0.321 e. The van der Waals surface area contributed by atoms with Crippen molar-refractivity contribution < 1.29 is 14.1 Å². The van der Waals surface area contributed by atoms with Gasteiger partial charge in [-0.2, -0.15) is 4.98 Å². The summed E-state index contributed by atoms with van der Waals surface area (Å²) >= 11 is 0. The summed E-state index contributed by atoms with van der Waals surface area (Å²) in [5.74, 6) is 0.999. The molecule has 1 saturated heterocycles. The Hall–Kier alpha value is -2.78. The Balaban J connectivity index is 1.50. The second kappa shape index (κ2) is 10.3. The molecule has 0 bridgehead atoms. The molecule has 0 unspecified atom stereocenters. The highest BCUT2D eigenvalue weighted by Crippen LogP contribution is 2.21. The molecule has 1 aromatic heterocycles. The van der Waals surface area contributed by atoms with Crippen LogP contribution in [0.1, 0.15) is 44.1 Å². The molecular weight excluding hydrogens is 384 g/mol. The van der Waals surface area contributed by atoms with Crippen molar-refractivity contribution in [3.8, 4) is 0 Å². The van der Waals surface area contributed by atoms with Crippen LogP contribution in [-0.2, 0) is 11.2 Å². The van der Waals surface area contributed by atoms with Crippen LogP contribution in [0.5, 0.6) is 0 Å². The molecule has 1 aliphatic rings. The van der Waals surface area contributed by atoms with Crippen molar-refractivity contribution in [2.75, 3.05) is 32.7 Å². The highest BCUT2D eigenvalue weighted by atomic mass is 16.5. The van der Waals surface area contributed by atoms with Crippen molar-refractivity contribution >= 4 is 11.9 Å². The first-order chi connectivity index (χ1) is 14.5. The zero-order valence-electron chi connectivity index (χ0n) is 17.8. The molecule has 2 aromatic rings. The van der Waals surface area contributed by atoms with Gasteiger partial charge in [-0.25, -0.2) is 4.79 Å². The zero-order valence-corrected chi connectivity index (χ0v) is 17.8. The van der Waals surface area contributed by atoms with Crippen molar-refractivity contribution in [3.63, 3.8) is 0 Å². The number of hydrogen-bond acceptors (Lipinski definition) is 7. The van der Waals surface area contributed by atoms with E-state index in [1.807, 2.05) is 44.2 Å². The minimum atomic E-state index is -0.454. The Morgan fingerprint density at radius 2 is 1.77 bits per heavy atom. The van der Waals surface area contributed by atoms with Crippen LogP contribution in [0.3, 0.4) is 0 Å². The van der Waals surface area contributed by atoms with Crippen LogP contribution in [0.4, 0.5) is 4.79 Å². The Kier molecular flexibility index (Phi) is 7.53. The fourth-order valence-corrected chi connectivity index (χ4v) is 3.54. The number of aromatic nitrogens is 2. The third-order valence-corrected chi connectivity index (χ3v) is 5.44. The maximum absolute atomic E-state index is 12.3. The van der Waals surface area contributed by atoms with E-state index in [1.165, 1.54) is 0 Å². The molecule has 0 aliphatic carbocycles. The van der Waals surface area contributed by atoms with Crippen LogP contribution < -0.4 is 10.6 Å². The Morgan fingerprint density at radius 3 is 2.43 bits per heavy atom. The number of amides is 3. The molecule has 0 saturated carbocycles. The number of nitrogens with one attached hydrogen (secondary N) is 2. The van der Waals surface area contributed by atoms with E-state index >= 15 is 0 Å². The van der Waals surface area contributed by atoms with E-state index in [0.717, 1.165) is 31.7 Å².